The number of nitrogens with two attached hydrogens (primary N) is 1. The number of carbonyl (C=O) groups is 1. The van der Waals surface area contributed by atoms with Crippen molar-refractivity contribution in [3.8, 4) is 0 Å². The van der Waals surface area contributed by atoms with Gasteiger partial charge in [-0.1, -0.05) is 29.8 Å². The van der Waals surface area contributed by atoms with Crippen molar-refractivity contribution in [1.29, 1.82) is 0 Å². The number of nitrogens with zero attached hydrogens (tertiary/aromatic N) is 1. The number of nitrogen functional groups attached to an aromatic ring is 1. The van der Waals surface area contributed by atoms with Gasteiger partial charge in [0, 0.05) is 17.8 Å². The zero-order valence-corrected chi connectivity index (χ0v) is 13.8. The molecule has 2 heterocycles. The fourth-order valence-corrected chi connectivity index (χ4v) is 3.90. The smallest absolute Gasteiger partial charge is 0.339 e. The second kappa shape index (κ2) is 5.67. The molecule has 1 saturated carbocycles. The Hall–Kier alpha value is -2.27. The van der Waals surface area contributed by atoms with Gasteiger partial charge in [0.15, 0.2) is 5.15 Å². The number of rotatable bonds is 2. The number of anilines is 2. The summed E-state index contributed by atoms with van der Waals surface area (Å²) in [6.45, 7) is 0. The van der Waals surface area contributed by atoms with Gasteiger partial charge in [-0.3, -0.25) is 0 Å². The fraction of sp³-hybridized carbons (Fsp3) is 0.333. The number of hydrogen-bond acceptors (Lipinski definition) is 5. The van der Waals surface area contributed by atoms with E-state index >= 15 is 0 Å². The minimum absolute atomic E-state index is 0.206. The normalized spacial score (nSPS) is 25.4. The van der Waals surface area contributed by atoms with Crippen LogP contribution in [0.15, 0.2) is 36.5 Å². The molecule has 5 nitrogen and oxygen atoms in total. The maximum atomic E-state index is 12.1. The van der Waals surface area contributed by atoms with E-state index in [4.69, 9.17) is 22.1 Å². The van der Waals surface area contributed by atoms with Crippen LogP contribution in [0.3, 0.4) is 0 Å². The molecule has 24 heavy (non-hydrogen) atoms. The van der Waals surface area contributed by atoms with Gasteiger partial charge in [0.05, 0.1) is 16.9 Å². The molecular weight excluding hydrogens is 326 g/mol. The standard InChI is InChI=1S/C18H18ClN3O2/c19-16-15(20)14(7-10-21-16)22-11-5-8-18(9-6-11)13-4-2-1-3-12(13)17(23)24-18/h1-4,7,10-11H,5-6,8-9,20H2,(H,21,22). The molecule has 0 bridgehead atoms. The van der Waals surface area contributed by atoms with Crippen LogP contribution in [0.5, 0.6) is 0 Å². The number of carbonyl (C=O) groups excluding carboxylic acids is 1. The maximum absolute atomic E-state index is 12.1. The summed E-state index contributed by atoms with van der Waals surface area (Å²) < 4.78 is 5.78. The Morgan fingerprint density at radius 3 is 2.79 bits per heavy atom. The molecule has 0 saturated heterocycles. The molecule has 1 aromatic carbocycles. The molecule has 3 N–H and O–H groups in total. The molecule has 1 spiro atoms. The zero-order valence-electron chi connectivity index (χ0n) is 13.1. The Labute approximate surface area is 145 Å². The summed E-state index contributed by atoms with van der Waals surface area (Å²) in [4.78, 5) is 16.1. The quantitative estimate of drug-likeness (QED) is 0.641. The van der Waals surface area contributed by atoms with Gasteiger partial charge in [0.25, 0.3) is 0 Å². The first-order chi connectivity index (χ1) is 11.6. The molecule has 0 amide bonds. The van der Waals surface area contributed by atoms with E-state index in [0.717, 1.165) is 36.9 Å². The van der Waals surface area contributed by atoms with Gasteiger partial charge >= 0.3 is 5.97 Å². The highest BCUT2D eigenvalue weighted by Gasteiger charge is 2.47. The predicted molar refractivity (Wildman–Crippen MR) is 93.1 cm³/mol. The van der Waals surface area contributed by atoms with Crippen LogP contribution in [0.2, 0.25) is 5.15 Å². The molecule has 0 atom stereocenters. The summed E-state index contributed by atoms with van der Waals surface area (Å²) in [6, 6.07) is 9.79. The largest absolute Gasteiger partial charge is 0.451 e. The van der Waals surface area contributed by atoms with Crippen molar-refractivity contribution in [2.45, 2.75) is 37.3 Å². The number of nitrogens with one attached hydrogen (secondary N) is 1. The van der Waals surface area contributed by atoms with Crippen LogP contribution in [-0.2, 0) is 10.3 Å². The van der Waals surface area contributed by atoms with Gasteiger partial charge in [-0.05, 0) is 37.8 Å². The average molecular weight is 344 g/mol. The number of esters is 1. The van der Waals surface area contributed by atoms with Gasteiger partial charge in [0.2, 0.25) is 0 Å². The zero-order chi connectivity index (χ0) is 16.7. The Balaban J connectivity index is 1.50. The number of fused-ring (bicyclic) bond motifs is 2. The van der Waals surface area contributed by atoms with E-state index in [1.54, 1.807) is 6.20 Å². The first kappa shape index (κ1) is 15.3. The van der Waals surface area contributed by atoms with Gasteiger partial charge in [-0.2, -0.15) is 0 Å². The van der Waals surface area contributed by atoms with E-state index < -0.39 is 5.60 Å². The summed E-state index contributed by atoms with van der Waals surface area (Å²) >= 11 is 5.97. The molecule has 1 aliphatic carbocycles. The molecule has 1 aromatic heterocycles. The lowest BCUT2D eigenvalue weighted by Crippen LogP contribution is -2.36. The lowest BCUT2D eigenvalue weighted by molar-refractivity contribution is -0.0295. The Kier molecular flexibility index (Phi) is 3.61. The molecule has 1 fully saturated rings. The minimum Gasteiger partial charge on any atom is -0.451 e. The highest BCUT2D eigenvalue weighted by molar-refractivity contribution is 6.32. The third kappa shape index (κ3) is 2.40. The molecule has 0 unspecified atom stereocenters. The second-order valence-electron chi connectivity index (χ2n) is 6.41. The lowest BCUT2D eigenvalue weighted by atomic mass is 9.77. The molecule has 1 aliphatic heterocycles. The maximum Gasteiger partial charge on any atom is 0.339 e. The predicted octanol–water partition coefficient (Wildman–Crippen LogP) is 3.74. The van der Waals surface area contributed by atoms with Crippen LogP contribution < -0.4 is 11.1 Å². The van der Waals surface area contributed by atoms with Gasteiger partial charge in [-0.25, -0.2) is 9.78 Å². The van der Waals surface area contributed by atoms with E-state index in [1.165, 1.54) is 0 Å². The molecule has 0 radical (unpaired) electrons. The number of benzene rings is 1. The second-order valence-corrected chi connectivity index (χ2v) is 6.77. The van der Waals surface area contributed by atoms with E-state index in [1.807, 2.05) is 30.3 Å². The van der Waals surface area contributed by atoms with Crippen LogP contribution in [0.25, 0.3) is 0 Å². The summed E-state index contributed by atoms with van der Waals surface area (Å²) in [5.41, 5.74) is 8.51. The SMILES string of the molecule is Nc1c(NC2CCC3(CC2)OC(=O)c2ccccc23)ccnc1Cl. The van der Waals surface area contributed by atoms with Crippen LogP contribution in [0.1, 0.15) is 41.6 Å². The van der Waals surface area contributed by atoms with Crippen LogP contribution >= 0.6 is 11.6 Å². The monoisotopic (exact) mass is 343 g/mol. The first-order valence-electron chi connectivity index (χ1n) is 8.08. The van der Waals surface area contributed by atoms with Crippen molar-refractivity contribution in [3.63, 3.8) is 0 Å². The Bertz CT molecular complexity index is 801. The van der Waals surface area contributed by atoms with Crippen LogP contribution in [0, 0.1) is 0 Å². The van der Waals surface area contributed by atoms with Gasteiger partial charge in [-0.15, -0.1) is 0 Å². The van der Waals surface area contributed by atoms with E-state index in [9.17, 15) is 4.79 Å². The molecule has 6 heteroatoms. The fourth-order valence-electron chi connectivity index (χ4n) is 3.74. The van der Waals surface area contributed by atoms with E-state index in [2.05, 4.69) is 10.3 Å². The lowest BCUT2D eigenvalue weighted by Gasteiger charge is -2.37. The summed E-state index contributed by atoms with van der Waals surface area (Å²) in [5, 5.41) is 3.75. The number of pyridine rings is 1. The van der Waals surface area contributed by atoms with Gasteiger partial charge < -0.3 is 15.8 Å². The van der Waals surface area contributed by atoms with Gasteiger partial charge in [0.1, 0.15) is 5.60 Å². The number of hydrogen-bond donors (Lipinski definition) is 2. The number of halogens is 1. The number of aromatic nitrogens is 1. The molecule has 2 aromatic rings. The van der Waals surface area contributed by atoms with Crippen molar-refractivity contribution in [3.05, 3.63) is 52.8 Å². The summed E-state index contributed by atoms with van der Waals surface area (Å²) in [5.74, 6) is -0.206. The van der Waals surface area contributed by atoms with Crippen molar-refractivity contribution < 1.29 is 9.53 Å². The average Bonchev–Trinajstić information content (AvgIpc) is 2.87. The Morgan fingerprint density at radius 2 is 2.00 bits per heavy atom. The molecule has 124 valence electrons. The summed E-state index contributed by atoms with van der Waals surface area (Å²) in [7, 11) is 0. The molecule has 2 aliphatic rings. The molecular formula is C18H18ClN3O2. The van der Waals surface area contributed by atoms with Crippen molar-refractivity contribution in [2.24, 2.45) is 0 Å². The number of ether oxygens (including phenoxy) is 1. The topological polar surface area (TPSA) is 77.2 Å². The summed E-state index contributed by atoms with van der Waals surface area (Å²) in [6.07, 6.45) is 5.01. The third-order valence-electron chi connectivity index (χ3n) is 5.02. The van der Waals surface area contributed by atoms with Crippen LogP contribution in [0.4, 0.5) is 11.4 Å². The molecule has 4 rings (SSSR count). The van der Waals surface area contributed by atoms with E-state index in [-0.39, 0.29) is 12.0 Å². The van der Waals surface area contributed by atoms with Crippen molar-refractivity contribution >= 4 is 28.9 Å². The highest BCUT2D eigenvalue weighted by atomic mass is 35.5. The van der Waals surface area contributed by atoms with E-state index in [0.29, 0.717) is 16.4 Å². The highest BCUT2D eigenvalue weighted by Crippen LogP contribution is 2.47. The Morgan fingerprint density at radius 1 is 1.25 bits per heavy atom. The van der Waals surface area contributed by atoms with Crippen molar-refractivity contribution in [1.82, 2.24) is 4.98 Å². The minimum atomic E-state index is -0.465. The van der Waals surface area contributed by atoms with Crippen LogP contribution in [-0.4, -0.2) is 17.0 Å². The third-order valence-corrected chi connectivity index (χ3v) is 5.32. The first-order valence-corrected chi connectivity index (χ1v) is 8.46. The van der Waals surface area contributed by atoms with Crippen molar-refractivity contribution in [2.75, 3.05) is 11.1 Å².